The quantitative estimate of drug-likeness (QED) is 0.257. The first-order chi connectivity index (χ1) is 17.5. The second-order valence-corrected chi connectivity index (χ2v) is 7.73. The number of nitro benzene ring substituents is 1. The number of nitro groups is 1. The van der Waals surface area contributed by atoms with Gasteiger partial charge in [0.25, 0.3) is 11.6 Å². The molecule has 1 N–H and O–H groups in total. The van der Waals surface area contributed by atoms with Gasteiger partial charge in [0.1, 0.15) is 12.3 Å². The van der Waals surface area contributed by atoms with Crippen LogP contribution in [0.4, 0.5) is 11.4 Å². The van der Waals surface area contributed by atoms with Crippen LogP contribution in [-0.2, 0) is 6.61 Å². The number of imidazole rings is 1. The zero-order chi connectivity index (χ0) is 25.1. The van der Waals surface area contributed by atoms with E-state index >= 15 is 0 Å². The molecule has 0 saturated carbocycles. The number of hydrogen-bond donors (Lipinski definition) is 1. The molecule has 0 unspecified atom stereocenters. The summed E-state index contributed by atoms with van der Waals surface area (Å²) in [5.41, 5.74) is 2.80. The Morgan fingerprint density at radius 2 is 1.89 bits per heavy atom. The number of hydrogen-bond acceptors (Lipinski definition) is 7. The number of ether oxygens (including phenoxy) is 2. The Balaban J connectivity index is 1.28. The minimum absolute atomic E-state index is 0.0254. The molecule has 3 aromatic heterocycles. The average molecular weight is 484 g/mol. The molecule has 0 bridgehead atoms. The third-order valence-corrected chi connectivity index (χ3v) is 5.36. The highest BCUT2D eigenvalue weighted by atomic mass is 16.6. The Hall–Kier alpha value is -5.19. The third kappa shape index (κ3) is 4.71. The van der Waals surface area contributed by atoms with Gasteiger partial charge in [-0.25, -0.2) is 9.67 Å². The van der Waals surface area contributed by atoms with Crippen LogP contribution in [0.15, 0.2) is 85.3 Å². The van der Waals surface area contributed by atoms with Crippen molar-refractivity contribution in [3.63, 3.8) is 0 Å². The SMILES string of the molecule is COc1ccc(NC(=O)c2ccn(-c3ccc([N+](=O)[O-])cc3)n2)cc1OCc1cn2ccccc2n1. The van der Waals surface area contributed by atoms with Gasteiger partial charge < -0.3 is 19.2 Å². The molecule has 0 spiro atoms. The Morgan fingerprint density at radius 1 is 1.06 bits per heavy atom. The minimum atomic E-state index is -0.476. The highest BCUT2D eigenvalue weighted by Crippen LogP contribution is 2.31. The van der Waals surface area contributed by atoms with E-state index in [-0.39, 0.29) is 18.0 Å². The van der Waals surface area contributed by atoms with Gasteiger partial charge >= 0.3 is 0 Å². The van der Waals surface area contributed by atoms with Crippen LogP contribution in [0.25, 0.3) is 11.3 Å². The number of benzene rings is 2. The topological polar surface area (TPSA) is 126 Å². The molecule has 0 fully saturated rings. The van der Waals surface area contributed by atoms with E-state index in [9.17, 15) is 14.9 Å². The highest BCUT2D eigenvalue weighted by molar-refractivity contribution is 6.03. The summed E-state index contributed by atoms with van der Waals surface area (Å²) in [6, 6.07) is 18.2. The largest absolute Gasteiger partial charge is 0.493 e. The van der Waals surface area contributed by atoms with E-state index < -0.39 is 10.8 Å². The van der Waals surface area contributed by atoms with Crippen molar-refractivity contribution in [1.82, 2.24) is 19.2 Å². The number of carbonyl (C=O) groups excluding carboxylic acids is 1. The fraction of sp³-hybridized carbons (Fsp3) is 0.0800. The van der Waals surface area contributed by atoms with Crippen molar-refractivity contribution in [2.75, 3.05) is 12.4 Å². The Kier molecular flexibility index (Phi) is 6.02. The second-order valence-electron chi connectivity index (χ2n) is 7.73. The van der Waals surface area contributed by atoms with Gasteiger partial charge in [0.15, 0.2) is 17.2 Å². The number of fused-ring (bicyclic) bond motifs is 1. The molecule has 180 valence electrons. The molecule has 5 rings (SSSR count). The smallest absolute Gasteiger partial charge is 0.276 e. The van der Waals surface area contributed by atoms with E-state index in [0.717, 1.165) is 11.3 Å². The molecule has 0 aliphatic rings. The molecule has 0 aliphatic heterocycles. The van der Waals surface area contributed by atoms with Crippen LogP contribution in [0.5, 0.6) is 11.5 Å². The monoisotopic (exact) mass is 484 g/mol. The number of amides is 1. The van der Waals surface area contributed by atoms with E-state index in [1.54, 1.807) is 42.6 Å². The van der Waals surface area contributed by atoms with Crippen molar-refractivity contribution in [2.24, 2.45) is 0 Å². The lowest BCUT2D eigenvalue weighted by atomic mass is 10.2. The van der Waals surface area contributed by atoms with Crippen LogP contribution < -0.4 is 14.8 Å². The van der Waals surface area contributed by atoms with Crippen molar-refractivity contribution in [2.45, 2.75) is 6.61 Å². The first-order valence-corrected chi connectivity index (χ1v) is 10.9. The normalized spacial score (nSPS) is 10.8. The van der Waals surface area contributed by atoms with Crippen LogP contribution in [0.2, 0.25) is 0 Å². The maximum Gasteiger partial charge on any atom is 0.276 e. The van der Waals surface area contributed by atoms with E-state index in [1.807, 2.05) is 35.0 Å². The summed E-state index contributed by atoms with van der Waals surface area (Å²) in [6.07, 6.45) is 5.40. The number of non-ortho nitro benzene ring substituents is 1. The molecule has 0 aliphatic carbocycles. The fourth-order valence-electron chi connectivity index (χ4n) is 3.59. The fourth-order valence-corrected chi connectivity index (χ4v) is 3.59. The number of anilines is 1. The number of pyridine rings is 1. The zero-order valence-electron chi connectivity index (χ0n) is 19.1. The highest BCUT2D eigenvalue weighted by Gasteiger charge is 2.14. The number of aromatic nitrogens is 4. The first kappa shape index (κ1) is 22.6. The van der Waals surface area contributed by atoms with Crippen molar-refractivity contribution in [1.29, 1.82) is 0 Å². The molecule has 11 nitrogen and oxygen atoms in total. The first-order valence-electron chi connectivity index (χ1n) is 10.9. The number of methoxy groups -OCH3 is 1. The molecule has 0 radical (unpaired) electrons. The number of nitrogens with zero attached hydrogens (tertiary/aromatic N) is 5. The molecule has 1 amide bonds. The van der Waals surface area contributed by atoms with Gasteiger partial charge in [-0.3, -0.25) is 14.9 Å². The Morgan fingerprint density at radius 3 is 2.64 bits per heavy atom. The average Bonchev–Trinajstić information content (AvgIpc) is 3.55. The van der Waals surface area contributed by atoms with Crippen molar-refractivity contribution in [3.05, 3.63) is 107 Å². The van der Waals surface area contributed by atoms with Crippen LogP contribution >= 0.6 is 0 Å². The van der Waals surface area contributed by atoms with Crippen LogP contribution in [0.3, 0.4) is 0 Å². The molecule has 11 heteroatoms. The van der Waals surface area contributed by atoms with Crippen LogP contribution in [-0.4, -0.2) is 37.1 Å². The predicted molar refractivity (Wildman–Crippen MR) is 131 cm³/mol. The summed E-state index contributed by atoms with van der Waals surface area (Å²) in [6.45, 7) is 0.217. The number of carbonyl (C=O) groups is 1. The van der Waals surface area contributed by atoms with Crippen LogP contribution in [0, 0.1) is 10.1 Å². The maximum atomic E-state index is 12.8. The zero-order valence-corrected chi connectivity index (χ0v) is 19.1. The summed E-state index contributed by atoms with van der Waals surface area (Å²) in [4.78, 5) is 27.7. The van der Waals surface area contributed by atoms with Gasteiger partial charge in [0, 0.05) is 42.5 Å². The molecule has 0 saturated heterocycles. The van der Waals surface area contributed by atoms with Crippen LogP contribution in [0.1, 0.15) is 16.2 Å². The predicted octanol–water partition coefficient (Wildman–Crippen LogP) is 4.27. The van der Waals surface area contributed by atoms with E-state index in [0.29, 0.717) is 22.9 Å². The molecule has 0 atom stereocenters. The maximum absolute atomic E-state index is 12.8. The molecule has 36 heavy (non-hydrogen) atoms. The van der Waals surface area contributed by atoms with Gasteiger partial charge in [-0.15, -0.1) is 0 Å². The Bertz CT molecular complexity index is 1520. The van der Waals surface area contributed by atoms with Gasteiger partial charge in [-0.05, 0) is 42.5 Å². The summed E-state index contributed by atoms with van der Waals surface area (Å²) < 4.78 is 14.7. The number of rotatable bonds is 8. The second kappa shape index (κ2) is 9.58. The van der Waals surface area contributed by atoms with Crippen molar-refractivity contribution < 1.29 is 19.2 Å². The molecular formula is C25H20N6O5. The van der Waals surface area contributed by atoms with Gasteiger partial charge in [0.2, 0.25) is 0 Å². The van der Waals surface area contributed by atoms with Gasteiger partial charge in [0.05, 0.1) is 23.4 Å². The minimum Gasteiger partial charge on any atom is -0.493 e. The number of nitrogens with one attached hydrogen (secondary N) is 1. The molecule has 5 aromatic rings. The summed E-state index contributed by atoms with van der Waals surface area (Å²) in [5.74, 6) is 0.537. The standard InChI is InChI=1S/C25H20N6O5/c1-35-22-10-5-17(14-23(22)36-16-18-15-29-12-3-2-4-24(29)26-18)27-25(32)21-11-13-30(28-21)19-6-8-20(9-7-19)31(33)34/h2-15H,16H2,1H3,(H,27,32). The molecule has 3 heterocycles. The third-order valence-electron chi connectivity index (χ3n) is 5.36. The van der Waals surface area contributed by atoms with Gasteiger partial charge in [-0.1, -0.05) is 6.07 Å². The van der Waals surface area contributed by atoms with E-state index in [4.69, 9.17) is 9.47 Å². The summed E-state index contributed by atoms with van der Waals surface area (Å²) >= 11 is 0. The lowest BCUT2D eigenvalue weighted by Crippen LogP contribution is -2.13. The molecular weight excluding hydrogens is 464 g/mol. The lowest BCUT2D eigenvalue weighted by molar-refractivity contribution is -0.384. The van der Waals surface area contributed by atoms with E-state index in [2.05, 4.69) is 15.4 Å². The van der Waals surface area contributed by atoms with Crippen molar-refractivity contribution >= 4 is 22.9 Å². The van der Waals surface area contributed by atoms with E-state index in [1.165, 1.54) is 23.9 Å². The lowest BCUT2D eigenvalue weighted by Gasteiger charge is -2.12. The van der Waals surface area contributed by atoms with Crippen molar-refractivity contribution in [3.8, 4) is 17.2 Å². The van der Waals surface area contributed by atoms with Gasteiger partial charge in [-0.2, -0.15) is 5.10 Å². The molecule has 2 aromatic carbocycles. The summed E-state index contributed by atoms with van der Waals surface area (Å²) in [5, 5.41) is 17.9. The summed E-state index contributed by atoms with van der Waals surface area (Å²) in [7, 11) is 1.54. The Labute approximate surface area is 204 Å².